The number of benzene rings is 2. The molecule has 0 aliphatic carbocycles. The zero-order valence-electron chi connectivity index (χ0n) is 12.5. The second-order valence-electron chi connectivity index (χ2n) is 4.68. The first-order valence-corrected chi connectivity index (χ1v) is 8.95. The Morgan fingerprint density at radius 1 is 1.12 bits per heavy atom. The van der Waals surface area contributed by atoms with Crippen LogP contribution in [0.25, 0.3) is 6.08 Å². The fourth-order valence-electron chi connectivity index (χ4n) is 1.85. The number of ether oxygens (including phenoxy) is 1. The highest BCUT2D eigenvalue weighted by molar-refractivity contribution is 7.93. The van der Waals surface area contributed by atoms with Crippen LogP contribution in [0.4, 0.5) is 0 Å². The summed E-state index contributed by atoms with van der Waals surface area (Å²) >= 11 is 11.6. The van der Waals surface area contributed by atoms with Crippen molar-refractivity contribution >= 4 is 45.2 Å². The highest BCUT2D eigenvalue weighted by atomic mass is 35.5. The van der Waals surface area contributed by atoms with E-state index < -0.39 is 15.9 Å². The molecule has 8 heteroatoms. The van der Waals surface area contributed by atoms with Crippen molar-refractivity contribution in [3.05, 3.63) is 69.0 Å². The number of hydrogen-bond donors (Lipinski definition) is 1. The Morgan fingerprint density at radius 2 is 1.83 bits per heavy atom. The maximum Gasteiger partial charge on any atom is 0.268 e. The van der Waals surface area contributed by atoms with E-state index >= 15 is 0 Å². The largest absolute Gasteiger partial charge is 0.496 e. The third-order valence-electron chi connectivity index (χ3n) is 2.93. The quantitative estimate of drug-likeness (QED) is 0.850. The minimum Gasteiger partial charge on any atom is -0.496 e. The van der Waals surface area contributed by atoms with E-state index in [2.05, 4.69) is 0 Å². The van der Waals surface area contributed by atoms with Crippen LogP contribution in [0.2, 0.25) is 10.0 Å². The Morgan fingerprint density at radius 3 is 2.50 bits per heavy atom. The third-order valence-corrected chi connectivity index (χ3v) is 4.37. The fraction of sp³-hybridized carbons (Fsp3) is 0.0625. The normalized spacial score (nSPS) is 11.5. The first kappa shape index (κ1) is 18.3. The van der Waals surface area contributed by atoms with Gasteiger partial charge in [-0.05, 0) is 42.0 Å². The topological polar surface area (TPSA) is 72.5 Å². The van der Waals surface area contributed by atoms with Gasteiger partial charge in [-0.3, -0.25) is 4.79 Å². The number of carbonyl (C=O) groups excluding carboxylic acids is 1. The van der Waals surface area contributed by atoms with E-state index in [4.69, 9.17) is 27.9 Å². The Balaban J connectivity index is 2.18. The number of hydrogen-bond acceptors (Lipinski definition) is 4. The van der Waals surface area contributed by atoms with E-state index in [0.717, 1.165) is 5.41 Å². The summed E-state index contributed by atoms with van der Waals surface area (Å²) in [6, 6.07) is 10.9. The van der Waals surface area contributed by atoms with Gasteiger partial charge in [0.2, 0.25) is 0 Å². The molecule has 2 rings (SSSR count). The molecule has 2 aromatic carbocycles. The van der Waals surface area contributed by atoms with Crippen molar-refractivity contribution in [2.24, 2.45) is 0 Å². The first-order valence-electron chi connectivity index (χ1n) is 6.65. The molecule has 24 heavy (non-hydrogen) atoms. The van der Waals surface area contributed by atoms with Crippen molar-refractivity contribution in [2.75, 3.05) is 7.11 Å². The summed E-state index contributed by atoms with van der Waals surface area (Å²) in [4.78, 5) is 12.1. The molecule has 0 radical (unpaired) electrons. The summed E-state index contributed by atoms with van der Waals surface area (Å²) in [6.07, 6.45) is 1.33. The first-order chi connectivity index (χ1) is 11.3. The van der Waals surface area contributed by atoms with Crippen LogP contribution in [0.5, 0.6) is 5.75 Å². The van der Waals surface area contributed by atoms with Crippen molar-refractivity contribution in [1.29, 1.82) is 0 Å². The van der Waals surface area contributed by atoms with Gasteiger partial charge in [-0.15, -0.1) is 0 Å². The van der Waals surface area contributed by atoms with Crippen LogP contribution in [-0.4, -0.2) is 21.4 Å². The molecule has 0 aliphatic heterocycles. The van der Waals surface area contributed by atoms with Crippen molar-refractivity contribution < 1.29 is 17.9 Å². The smallest absolute Gasteiger partial charge is 0.268 e. The van der Waals surface area contributed by atoms with Crippen LogP contribution >= 0.6 is 23.2 Å². The molecule has 0 heterocycles. The van der Waals surface area contributed by atoms with Crippen LogP contribution < -0.4 is 9.46 Å². The molecule has 2 aromatic rings. The predicted molar refractivity (Wildman–Crippen MR) is 94.9 cm³/mol. The van der Waals surface area contributed by atoms with Gasteiger partial charge in [0.1, 0.15) is 5.75 Å². The van der Waals surface area contributed by atoms with Crippen molar-refractivity contribution in [1.82, 2.24) is 4.72 Å². The van der Waals surface area contributed by atoms with Crippen LogP contribution in [0.1, 0.15) is 15.9 Å². The summed E-state index contributed by atoms with van der Waals surface area (Å²) < 4.78 is 31.0. The molecule has 0 unspecified atom stereocenters. The molecule has 0 fully saturated rings. The monoisotopic (exact) mass is 385 g/mol. The highest BCUT2D eigenvalue weighted by Crippen LogP contribution is 2.23. The second kappa shape index (κ2) is 7.70. The second-order valence-corrected chi connectivity index (χ2v) is 7.12. The lowest BCUT2D eigenvalue weighted by molar-refractivity contribution is 0.0979. The summed E-state index contributed by atoms with van der Waals surface area (Å²) in [5.41, 5.74) is 0.644. The molecule has 0 aromatic heterocycles. The standard InChI is InChI=1S/C16H13Cl2NO4S/c1-23-15-10-13(18)5-6-14(15)16(20)19-24(21,22)8-7-11-3-2-4-12(17)9-11/h2-10H,1H3,(H,19,20). The van der Waals surface area contributed by atoms with Gasteiger partial charge in [-0.25, -0.2) is 13.1 Å². The average molecular weight is 386 g/mol. The zero-order chi connectivity index (χ0) is 17.7. The Labute approximate surface area is 149 Å². The molecule has 126 valence electrons. The summed E-state index contributed by atoms with van der Waals surface area (Å²) in [6.45, 7) is 0. The molecule has 0 atom stereocenters. The minimum atomic E-state index is -3.99. The van der Waals surface area contributed by atoms with Gasteiger partial charge < -0.3 is 4.74 Å². The van der Waals surface area contributed by atoms with E-state index in [1.54, 1.807) is 24.3 Å². The number of rotatable bonds is 5. The van der Waals surface area contributed by atoms with E-state index in [1.807, 2.05) is 4.72 Å². The molecular weight excluding hydrogens is 373 g/mol. The van der Waals surface area contributed by atoms with Crippen LogP contribution in [0.15, 0.2) is 47.9 Å². The molecule has 0 saturated heterocycles. The molecule has 0 bridgehead atoms. The van der Waals surface area contributed by atoms with E-state index in [9.17, 15) is 13.2 Å². The van der Waals surface area contributed by atoms with Crippen LogP contribution in [0, 0.1) is 0 Å². The average Bonchev–Trinajstić information content (AvgIpc) is 2.52. The summed E-state index contributed by atoms with van der Waals surface area (Å²) in [5, 5.41) is 1.73. The zero-order valence-corrected chi connectivity index (χ0v) is 14.8. The van der Waals surface area contributed by atoms with Crippen molar-refractivity contribution in [2.45, 2.75) is 0 Å². The Kier molecular flexibility index (Phi) is 5.88. The fourth-order valence-corrected chi connectivity index (χ4v) is 2.98. The van der Waals surface area contributed by atoms with E-state index in [0.29, 0.717) is 15.6 Å². The predicted octanol–water partition coefficient (Wildman–Crippen LogP) is 3.73. The number of methoxy groups -OCH3 is 1. The highest BCUT2D eigenvalue weighted by Gasteiger charge is 2.17. The van der Waals surface area contributed by atoms with Gasteiger partial charge in [0.05, 0.1) is 18.1 Å². The number of carbonyl (C=O) groups is 1. The number of nitrogens with one attached hydrogen (secondary N) is 1. The lowest BCUT2D eigenvalue weighted by Crippen LogP contribution is -2.29. The molecular formula is C16H13Cl2NO4S. The van der Waals surface area contributed by atoms with Crippen molar-refractivity contribution in [3.63, 3.8) is 0 Å². The molecule has 1 N–H and O–H groups in total. The molecule has 0 aliphatic rings. The van der Waals surface area contributed by atoms with Crippen LogP contribution in [0.3, 0.4) is 0 Å². The van der Waals surface area contributed by atoms with Gasteiger partial charge in [0.25, 0.3) is 15.9 Å². The molecule has 0 spiro atoms. The van der Waals surface area contributed by atoms with Gasteiger partial charge >= 0.3 is 0 Å². The minimum absolute atomic E-state index is 0.0571. The Hall–Kier alpha value is -2.02. The van der Waals surface area contributed by atoms with Gasteiger partial charge in [0.15, 0.2) is 0 Å². The molecule has 1 amide bonds. The Bertz CT molecular complexity index is 895. The third kappa shape index (κ3) is 4.99. The molecule has 0 saturated carbocycles. The number of halogens is 2. The SMILES string of the molecule is COc1cc(Cl)ccc1C(=O)NS(=O)(=O)C=Cc1cccc(Cl)c1. The van der Waals surface area contributed by atoms with Gasteiger partial charge in [0, 0.05) is 10.0 Å². The van der Waals surface area contributed by atoms with Crippen molar-refractivity contribution in [3.8, 4) is 5.75 Å². The summed E-state index contributed by atoms with van der Waals surface area (Å²) in [5.74, 6) is -0.645. The maximum absolute atomic E-state index is 12.1. The van der Waals surface area contributed by atoms with Gasteiger partial charge in [-0.1, -0.05) is 35.3 Å². The maximum atomic E-state index is 12.1. The lowest BCUT2D eigenvalue weighted by Gasteiger charge is -2.08. The summed E-state index contributed by atoms with van der Waals surface area (Å²) in [7, 11) is -2.63. The number of amides is 1. The van der Waals surface area contributed by atoms with E-state index in [1.165, 1.54) is 31.4 Å². The number of sulfonamides is 1. The van der Waals surface area contributed by atoms with E-state index in [-0.39, 0.29) is 11.3 Å². The van der Waals surface area contributed by atoms with Crippen LogP contribution in [-0.2, 0) is 10.0 Å². The lowest BCUT2D eigenvalue weighted by atomic mass is 10.2. The molecule has 5 nitrogen and oxygen atoms in total. The van der Waals surface area contributed by atoms with Gasteiger partial charge in [-0.2, -0.15) is 0 Å².